The Morgan fingerprint density at radius 1 is 0.818 bits per heavy atom. The molecule has 1 amide bonds. The van der Waals surface area contributed by atoms with Crippen molar-refractivity contribution in [3.05, 3.63) is 111 Å². The third kappa shape index (κ3) is 3.96. The molecule has 0 saturated heterocycles. The van der Waals surface area contributed by atoms with Gasteiger partial charge in [-0.2, -0.15) is 0 Å². The van der Waals surface area contributed by atoms with Gasteiger partial charge in [0.1, 0.15) is 17.6 Å². The van der Waals surface area contributed by atoms with Crippen molar-refractivity contribution in [2.24, 2.45) is 0 Å². The van der Waals surface area contributed by atoms with Crippen LogP contribution in [0, 0.1) is 0 Å². The van der Waals surface area contributed by atoms with Gasteiger partial charge in [-0.05, 0) is 36.2 Å². The van der Waals surface area contributed by atoms with Gasteiger partial charge in [-0.15, -0.1) is 0 Å². The maximum Gasteiger partial charge on any atom is 0.332 e. The lowest BCUT2D eigenvalue weighted by Crippen LogP contribution is -2.41. The number of aryl methyl sites for hydroxylation is 1. The number of rotatable bonds is 6. The maximum atomic E-state index is 13.5. The van der Waals surface area contributed by atoms with Gasteiger partial charge in [-0.25, -0.2) is 4.79 Å². The minimum atomic E-state index is -0.543. The largest absolute Gasteiger partial charge is 0.449 e. The van der Waals surface area contributed by atoms with Crippen molar-refractivity contribution in [3.8, 4) is 0 Å². The molecule has 0 fully saturated rings. The normalized spacial score (nSPS) is 11.2. The lowest BCUT2D eigenvalue weighted by atomic mass is 10.1. The second-order valence-corrected chi connectivity index (χ2v) is 7.75. The predicted octanol–water partition coefficient (Wildman–Crippen LogP) is 3.79. The van der Waals surface area contributed by atoms with Gasteiger partial charge < -0.3 is 9.73 Å². The molecule has 0 saturated carbocycles. The number of carbonyl (C=O) groups is 1. The lowest BCUT2D eigenvalue weighted by Gasteiger charge is -2.12. The summed E-state index contributed by atoms with van der Waals surface area (Å²) in [5.41, 5.74) is 1.47. The van der Waals surface area contributed by atoms with Gasteiger partial charge in [0.2, 0.25) is 11.5 Å². The Morgan fingerprint density at radius 2 is 1.48 bits per heavy atom. The zero-order valence-electron chi connectivity index (χ0n) is 17.7. The minimum absolute atomic E-state index is 0.0661. The van der Waals surface area contributed by atoms with Crippen LogP contribution in [0.15, 0.2) is 98.9 Å². The standard InChI is InChI=1S/C26H21N3O4/c30-22(27-19-11-5-2-6-12-19)17-29-23-20-13-7-8-14-21(20)33-24(23)25(31)28(26(29)32)16-15-18-9-3-1-4-10-18/h1-14H,15-17H2,(H,27,30). The first-order chi connectivity index (χ1) is 16.1. The van der Waals surface area contributed by atoms with E-state index in [9.17, 15) is 14.4 Å². The summed E-state index contributed by atoms with van der Waals surface area (Å²) in [4.78, 5) is 39.5. The highest BCUT2D eigenvalue weighted by Crippen LogP contribution is 2.25. The van der Waals surface area contributed by atoms with Gasteiger partial charge in [0.05, 0.1) is 0 Å². The van der Waals surface area contributed by atoms with Gasteiger partial charge in [0.25, 0.3) is 5.56 Å². The third-order valence-electron chi connectivity index (χ3n) is 5.57. The predicted molar refractivity (Wildman–Crippen MR) is 127 cm³/mol. The Kier molecular flexibility index (Phi) is 5.36. The third-order valence-corrected chi connectivity index (χ3v) is 5.57. The molecule has 3 aromatic carbocycles. The number of furan rings is 1. The van der Waals surface area contributed by atoms with E-state index in [-0.39, 0.29) is 24.6 Å². The number of nitrogens with one attached hydrogen (secondary N) is 1. The summed E-state index contributed by atoms with van der Waals surface area (Å²) >= 11 is 0. The van der Waals surface area contributed by atoms with E-state index in [4.69, 9.17) is 4.42 Å². The number of hydrogen-bond donors (Lipinski definition) is 1. The van der Waals surface area contributed by atoms with Crippen molar-refractivity contribution < 1.29 is 9.21 Å². The van der Waals surface area contributed by atoms with Crippen LogP contribution in [-0.2, 0) is 24.3 Å². The topological polar surface area (TPSA) is 86.2 Å². The first kappa shape index (κ1) is 20.5. The molecule has 7 heteroatoms. The van der Waals surface area contributed by atoms with Gasteiger partial charge in [-0.3, -0.25) is 18.7 Å². The van der Waals surface area contributed by atoms with E-state index < -0.39 is 11.2 Å². The van der Waals surface area contributed by atoms with Crippen LogP contribution in [0.3, 0.4) is 0 Å². The van der Waals surface area contributed by atoms with Crippen molar-refractivity contribution in [1.29, 1.82) is 0 Å². The molecular weight excluding hydrogens is 418 g/mol. The van der Waals surface area contributed by atoms with Gasteiger partial charge >= 0.3 is 5.69 Å². The van der Waals surface area contributed by atoms with Crippen LogP contribution in [0.1, 0.15) is 5.56 Å². The maximum absolute atomic E-state index is 13.5. The SMILES string of the molecule is O=C(Cn1c(=O)n(CCc2ccccc2)c(=O)c2oc3ccccc3c21)Nc1ccccc1. The number of hydrogen-bond acceptors (Lipinski definition) is 4. The number of para-hydroxylation sites is 2. The van der Waals surface area contributed by atoms with Crippen LogP contribution in [0.2, 0.25) is 0 Å². The highest BCUT2D eigenvalue weighted by atomic mass is 16.3. The van der Waals surface area contributed by atoms with Gasteiger partial charge in [-0.1, -0.05) is 60.7 Å². The summed E-state index contributed by atoms with van der Waals surface area (Å²) in [6, 6.07) is 25.7. The summed E-state index contributed by atoms with van der Waals surface area (Å²) in [5.74, 6) is -0.372. The first-order valence-electron chi connectivity index (χ1n) is 10.7. The average Bonchev–Trinajstić information content (AvgIpc) is 3.23. The van der Waals surface area contributed by atoms with Gasteiger partial charge in [0.15, 0.2) is 0 Å². The van der Waals surface area contributed by atoms with Crippen LogP contribution in [0.5, 0.6) is 0 Å². The van der Waals surface area contributed by atoms with Crippen molar-refractivity contribution in [3.63, 3.8) is 0 Å². The van der Waals surface area contributed by atoms with E-state index in [0.717, 1.165) is 10.1 Å². The molecule has 0 spiro atoms. The van der Waals surface area contributed by atoms with E-state index in [0.29, 0.717) is 28.6 Å². The average molecular weight is 439 g/mol. The summed E-state index contributed by atoms with van der Waals surface area (Å²) in [5, 5.41) is 3.41. The fraction of sp³-hybridized carbons (Fsp3) is 0.115. The molecule has 5 rings (SSSR count). The van der Waals surface area contributed by atoms with Crippen molar-refractivity contribution in [2.75, 3.05) is 5.32 Å². The molecule has 33 heavy (non-hydrogen) atoms. The number of anilines is 1. The highest BCUT2D eigenvalue weighted by Gasteiger charge is 2.21. The van der Waals surface area contributed by atoms with Crippen molar-refractivity contribution in [2.45, 2.75) is 19.5 Å². The molecular formula is C26H21N3O4. The zero-order valence-corrected chi connectivity index (χ0v) is 17.7. The van der Waals surface area contributed by atoms with E-state index in [1.807, 2.05) is 48.5 Å². The highest BCUT2D eigenvalue weighted by molar-refractivity contribution is 6.03. The van der Waals surface area contributed by atoms with E-state index in [2.05, 4.69) is 5.32 Å². The molecule has 0 unspecified atom stereocenters. The van der Waals surface area contributed by atoms with Crippen LogP contribution in [0.4, 0.5) is 5.69 Å². The summed E-state index contributed by atoms with van der Waals surface area (Å²) < 4.78 is 8.32. The van der Waals surface area contributed by atoms with Gasteiger partial charge in [0, 0.05) is 17.6 Å². The fourth-order valence-electron chi connectivity index (χ4n) is 3.99. The number of aromatic nitrogens is 2. The fourth-order valence-corrected chi connectivity index (χ4v) is 3.99. The first-order valence-corrected chi connectivity index (χ1v) is 10.7. The second-order valence-electron chi connectivity index (χ2n) is 7.75. The van der Waals surface area contributed by atoms with E-state index >= 15 is 0 Å². The molecule has 0 aliphatic heterocycles. The summed E-state index contributed by atoms with van der Waals surface area (Å²) in [6.45, 7) is -0.0751. The molecule has 0 radical (unpaired) electrons. The molecule has 0 aliphatic carbocycles. The lowest BCUT2D eigenvalue weighted by molar-refractivity contribution is -0.116. The summed E-state index contributed by atoms with van der Waals surface area (Å²) in [7, 11) is 0. The van der Waals surface area contributed by atoms with Crippen molar-refractivity contribution in [1.82, 2.24) is 9.13 Å². The zero-order chi connectivity index (χ0) is 22.8. The molecule has 0 aliphatic rings. The Morgan fingerprint density at radius 3 is 2.24 bits per heavy atom. The number of nitrogens with zero attached hydrogens (tertiary/aromatic N) is 2. The molecule has 7 nitrogen and oxygen atoms in total. The van der Waals surface area contributed by atoms with Crippen LogP contribution in [0.25, 0.3) is 22.1 Å². The Bertz CT molecular complexity index is 1560. The Hall–Kier alpha value is -4.39. The quantitative estimate of drug-likeness (QED) is 0.436. The smallest absolute Gasteiger partial charge is 0.332 e. The molecule has 164 valence electrons. The van der Waals surface area contributed by atoms with Crippen LogP contribution >= 0.6 is 0 Å². The molecule has 2 heterocycles. The van der Waals surface area contributed by atoms with Crippen molar-refractivity contribution >= 4 is 33.7 Å². The molecule has 2 aromatic heterocycles. The van der Waals surface area contributed by atoms with E-state index in [1.165, 1.54) is 4.57 Å². The minimum Gasteiger partial charge on any atom is -0.449 e. The molecule has 0 atom stereocenters. The Balaban J connectivity index is 1.61. The molecule has 0 bridgehead atoms. The van der Waals surface area contributed by atoms with E-state index in [1.54, 1.807) is 36.4 Å². The monoisotopic (exact) mass is 439 g/mol. The number of amides is 1. The molecule has 5 aromatic rings. The van der Waals surface area contributed by atoms with Crippen LogP contribution < -0.4 is 16.6 Å². The van der Waals surface area contributed by atoms with Crippen LogP contribution in [-0.4, -0.2) is 15.0 Å². The molecule has 1 N–H and O–H groups in total. The Labute approximate surface area is 188 Å². The number of benzene rings is 3. The second kappa shape index (κ2) is 8.63. The summed E-state index contributed by atoms with van der Waals surface area (Å²) in [6.07, 6.45) is 0.498. The number of carbonyl (C=O) groups excluding carboxylic acids is 1. The number of fused-ring (bicyclic) bond motifs is 3.